The molecule has 1 heterocycles. The first-order valence-electron chi connectivity index (χ1n) is 7.04. The number of fused-ring (bicyclic) bond motifs is 1. The number of thiocarbonyl (C=S) groups is 1. The van der Waals surface area contributed by atoms with Gasteiger partial charge in [0.15, 0.2) is 0 Å². The molecule has 0 aliphatic rings. The van der Waals surface area contributed by atoms with Crippen LogP contribution in [0.4, 0.5) is 0 Å². The third-order valence-electron chi connectivity index (χ3n) is 3.21. The summed E-state index contributed by atoms with van der Waals surface area (Å²) >= 11 is 5.11. The second-order valence-electron chi connectivity index (χ2n) is 4.80. The van der Waals surface area contributed by atoms with Gasteiger partial charge < -0.3 is 10.5 Å². The zero-order valence-electron chi connectivity index (χ0n) is 11.8. The summed E-state index contributed by atoms with van der Waals surface area (Å²) in [4.78, 5) is 4.87. The van der Waals surface area contributed by atoms with Crippen molar-refractivity contribution in [3.63, 3.8) is 0 Å². The molecule has 0 aliphatic heterocycles. The van der Waals surface area contributed by atoms with Gasteiger partial charge in [-0.2, -0.15) is 0 Å². The molecule has 2 aromatic rings. The van der Waals surface area contributed by atoms with Crippen LogP contribution < -0.4 is 10.5 Å². The van der Waals surface area contributed by atoms with E-state index in [-0.39, 0.29) is 0 Å². The highest BCUT2D eigenvalue weighted by molar-refractivity contribution is 7.80. The Balaban J connectivity index is 2.15. The maximum absolute atomic E-state index is 5.79. The predicted octanol–water partition coefficient (Wildman–Crippen LogP) is 3.83. The monoisotopic (exact) mass is 288 g/mol. The smallest absolute Gasteiger partial charge is 0.214 e. The van der Waals surface area contributed by atoms with Gasteiger partial charge in [0.2, 0.25) is 5.88 Å². The molecule has 1 aromatic carbocycles. The molecule has 0 bridgehead atoms. The van der Waals surface area contributed by atoms with E-state index in [0.29, 0.717) is 17.5 Å². The Labute approximate surface area is 125 Å². The lowest BCUT2D eigenvalue weighted by Crippen LogP contribution is -2.11. The summed E-state index contributed by atoms with van der Waals surface area (Å²) in [5.41, 5.74) is 7.48. The molecule has 0 fully saturated rings. The summed E-state index contributed by atoms with van der Waals surface area (Å²) in [6, 6.07) is 9.66. The molecule has 3 nitrogen and oxygen atoms in total. The Hall–Kier alpha value is -1.68. The van der Waals surface area contributed by atoms with Crippen LogP contribution in [0, 0.1) is 0 Å². The van der Waals surface area contributed by atoms with Crippen LogP contribution in [0.15, 0.2) is 30.3 Å². The van der Waals surface area contributed by atoms with Crippen LogP contribution in [0.25, 0.3) is 10.9 Å². The van der Waals surface area contributed by atoms with Gasteiger partial charge in [-0.05, 0) is 12.5 Å². The van der Waals surface area contributed by atoms with Crippen LogP contribution in [0.1, 0.15) is 38.2 Å². The maximum atomic E-state index is 5.79. The number of aromatic nitrogens is 1. The van der Waals surface area contributed by atoms with Crippen molar-refractivity contribution >= 4 is 28.1 Å². The number of nitrogens with zero attached hydrogens (tertiary/aromatic N) is 1. The lowest BCUT2D eigenvalue weighted by Gasteiger charge is -2.09. The molecule has 0 saturated heterocycles. The van der Waals surface area contributed by atoms with Gasteiger partial charge in [-0.3, -0.25) is 0 Å². The summed E-state index contributed by atoms with van der Waals surface area (Å²) in [5.74, 6) is 0.600. The molecule has 0 saturated carbocycles. The third kappa shape index (κ3) is 3.67. The van der Waals surface area contributed by atoms with Crippen molar-refractivity contribution in [2.45, 2.75) is 32.6 Å². The van der Waals surface area contributed by atoms with E-state index in [2.05, 4.69) is 11.9 Å². The quantitative estimate of drug-likeness (QED) is 0.621. The van der Waals surface area contributed by atoms with E-state index < -0.39 is 0 Å². The second-order valence-corrected chi connectivity index (χ2v) is 5.24. The van der Waals surface area contributed by atoms with Crippen molar-refractivity contribution in [2.75, 3.05) is 6.61 Å². The number of benzene rings is 1. The summed E-state index contributed by atoms with van der Waals surface area (Å²) in [5, 5.41) is 0.971. The van der Waals surface area contributed by atoms with Crippen LogP contribution in [0.2, 0.25) is 0 Å². The maximum Gasteiger partial charge on any atom is 0.214 e. The van der Waals surface area contributed by atoms with E-state index in [1.54, 1.807) is 0 Å². The molecule has 0 unspecified atom stereocenters. The normalized spacial score (nSPS) is 10.7. The molecule has 0 aliphatic carbocycles. The van der Waals surface area contributed by atoms with Gasteiger partial charge in [-0.25, -0.2) is 4.98 Å². The number of nitrogens with two attached hydrogens (primary N) is 1. The zero-order valence-corrected chi connectivity index (χ0v) is 12.6. The molecule has 0 atom stereocenters. The summed E-state index contributed by atoms with van der Waals surface area (Å²) in [6.07, 6.45) is 4.70. The Kier molecular flexibility index (Phi) is 5.30. The summed E-state index contributed by atoms with van der Waals surface area (Å²) in [7, 11) is 0. The Morgan fingerprint density at radius 2 is 2.05 bits per heavy atom. The lowest BCUT2D eigenvalue weighted by atomic mass is 10.1. The van der Waals surface area contributed by atoms with Gasteiger partial charge in [0.05, 0.1) is 12.1 Å². The number of para-hydroxylation sites is 1. The standard InChI is InChI=1S/C16H20N2OS/c1-2-3-4-7-10-19-15-11-13(16(17)20)12-8-5-6-9-14(12)18-15/h5-6,8-9,11H,2-4,7,10H2,1H3,(H2,17,20). The van der Waals surface area contributed by atoms with E-state index in [1.165, 1.54) is 19.3 Å². The fraction of sp³-hybridized carbons (Fsp3) is 0.375. The number of rotatable bonds is 7. The molecule has 2 N–H and O–H groups in total. The van der Waals surface area contributed by atoms with Gasteiger partial charge in [-0.1, -0.05) is 56.6 Å². The van der Waals surface area contributed by atoms with Crippen LogP contribution in [-0.2, 0) is 0 Å². The molecule has 4 heteroatoms. The van der Waals surface area contributed by atoms with E-state index in [9.17, 15) is 0 Å². The topological polar surface area (TPSA) is 48.1 Å². The number of hydrogen-bond donors (Lipinski definition) is 1. The Morgan fingerprint density at radius 1 is 1.25 bits per heavy atom. The number of ether oxygens (including phenoxy) is 1. The van der Waals surface area contributed by atoms with Gasteiger partial charge in [0.1, 0.15) is 4.99 Å². The average molecular weight is 288 g/mol. The first-order chi connectivity index (χ1) is 9.72. The molecular weight excluding hydrogens is 268 g/mol. The van der Waals surface area contributed by atoms with E-state index >= 15 is 0 Å². The first-order valence-corrected chi connectivity index (χ1v) is 7.45. The molecule has 20 heavy (non-hydrogen) atoms. The van der Waals surface area contributed by atoms with Gasteiger partial charge >= 0.3 is 0 Å². The highest BCUT2D eigenvalue weighted by Crippen LogP contribution is 2.22. The van der Waals surface area contributed by atoms with Crippen molar-refractivity contribution < 1.29 is 4.74 Å². The van der Waals surface area contributed by atoms with Crippen molar-refractivity contribution in [1.82, 2.24) is 4.98 Å². The van der Waals surface area contributed by atoms with Crippen molar-refractivity contribution in [2.24, 2.45) is 5.73 Å². The molecule has 0 amide bonds. The van der Waals surface area contributed by atoms with Crippen molar-refractivity contribution in [3.8, 4) is 5.88 Å². The van der Waals surface area contributed by atoms with Crippen molar-refractivity contribution in [1.29, 1.82) is 0 Å². The molecular formula is C16H20N2OS. The average Bonchev–Trinajstić information content (AvgIpc) is 2.46. The van der Waals surface area contributed by atoms with Crippen LogP contribution in [-0.4, -0.2) is 16.6 Å². The molecule has 106 valence electrons. The second kappa shape index (κ2) is 7.20. The largest absolute Gasteiger partial charge is 0.478 e. The minimum atomic E-state index is 0.374. The molecule has 2 rings (SSSR count). The summed E-state index contributed by atoms with van der Waals surface area (Å²) in [6.45, 7) is 2.88. The van der Waals surface area contributed by atoms with E-state index in [4.69, 9.17) is 22.7 Å². The first kappa shape index (κ1) is 14.7. The van der Waals surface area contributed by atoms with Crippen molar-refractivity contribution in [3.05, 3.63) is 35.9 Å². The highest BCUT2D eigenvalue weighted by atomic mass is 32.1. The minimum absolute atomic E-state index is 0.374. The van der Waals surface area contributed by atoms with Crippen LogP contribution in [0.3, 0.4) is 0 Å². The molecule has 1 aromatic heterocycles. The van der Waals surface area contributed by atoms with Gasteiger partial charge in [0, 0.05) is 17.0 Å². The highest BCUT2D eigenvalue weighted by Gasteiger charge is 2.08. The van der Waals surface area contributed by atoms with E-state index in [0.717, 1.165) is 22.9 Å². The predicted molar refractivity (Wildman–Crippen MR) is 87.3 cm³/mol. The number of pyridine rings is 1. The van der Waals surface area contributed by atoms with Gasteiger partial charge in [0.25, 0.3) is 0 Å². The zero-order chi connectivity index (χ0) is 14.4. The fourth-order valence-corrected chi connectivity index (χ4v) is 2.30. The SMILES string of the molecule is CCCCCCOc1cc(C(N)=S)c2ccccc2n1. The molecule has 0 radical (unpaired) electrons. The van der Waals surface area contributed by atoms with Gasteiger partial charge in [-0.15, -0.1) is 0 Å². The Bertz CT molecular complexity index is 598. The number of hydrogen-bond acceptors (Lipinski definition) is 3. The lowest BCUT2D eigenvalue weighted by molar-refractivity contribution is 0.295. The third-order valence-corrected chi connectivity index (χ3v) is 3.43. The Morgan fingerprint density at radius 3 is 2.80 bits per heavy atom. The van der Waals surface area contributed by atoms with E-state index in [1.807, 2.05) is 30.3 Å². The minimum Gasteiger partial charge on any atom is -0.478 e. The summed E-state index contributed by atoms with van der Waals surface area (Å²) < 4.78 is 5.73. The number of unbranched alkanes of at least 4 members (excludes halogenated alkanes) is 3. The fourth-order valence-electron chi connectivity index (χ4n) is 2.13. The molecule has 0 spiro atoms. The van der Waals surface area contributed by atoms with Crippen LogP contribution in [0.5, 0.6) is 5.88 Å². The van der Waals surface area contributed by atoms with Crippen LogP contribution >= 0.6 is 12.2 Å².